The van der Waals surface area contributed by atoms with Gasteiger partial charge in [-0.1, -0.05) is 11.3 Å². The minimum atomic E-state index is 0.756. The third kappa shape index (κ3) is 2.93. The molecule has 0 aromatic carbocycles. The largest absolute Gasteiger partial charge is 0.354 e. The Labute approximate surface area is 100.0 Å². The van der Waals surface area contributed by atoms with Gasteiger partial charge < -0.3 is 9.88 Å². The highest BCUT2D eigenvalue weighted by Crippen LogP contribution is 2.07. The summed E-state index contributed by atoms with van der Waals surface area (Å²) >= 11 is 0. The highest BCUT2D eigenvalue weighted by molar-refractivity contribution is 5.28. The van der Waals surface area contributed by atoms with E-state index in [1.54, 1.807) is 10.9 Å². The molecule has 90 valence electrons. The lowest BCUT2D eigenvalue weighted by atomic mass is 10.5. The molecule has 1 N–H and O–H groups in total. The third-order valence-corrected chi connectivity index (χ3v) is 2.32. The zero-order chi connectivity index (χ0) is 12.1. The van der Waals surface area contributed by atoms with Crippen molar-refractivity contribution >= 4 is 5.95 Å². The quantitative estimate of drug-likeness (QED) is 0.757. The van der Waals surface area contributed by atoms with E-state index in [2.05, 4.69) is 27.2 Å². The van der Waals surface area contributed by atoms with Gasteiger partial charge in [0, 0.05) is 25.5 Å². The molecule has 0 unspecified atom stereocenters. The molecule has 0 radical (unpaired) electrons. The van der Waals surface area contributed by atoms with Crippen LogP contribution in [-0.2, 0) is 13.1 Å². The lowest BCUT2D eigenvalue weighted by Crippen LogP contribution is -2.14. The summed E-state index contributed by atoms with van der Waals surface area (Å²) < 4.78 is 3.81. The van der Waals surface area contributed by atoms with Gasteiger partial charge in [-0.2, -0.15) is 0 Å². The Kier molecular flexibility index (Phi) is 3.54. The van der Waals surface area contributed by atoms with Crippen molar-refractivity contribution in [1.29, 1.82) is 0 Å². The summed E-state index contributed by atoms with van der Waals surface area (Å²) in [6, 6.07) is 0. The standard InChI is InChI=1S/C11H16N6/c1-3-6-16-9-10(2)14-11(16)12-4-7-17-8-5-13-15-17/h3,5,8-9H,1,4,6-7H2,2H3,(H,12,14). The summed E-state index contributed by atoms with van der Waals surface area (Å²) in [5.74, 6) is 0.863. The molecule has 2 aromatic rings. The van der Waals surface area contributed by atoms with E-state index in [0.717, 1.165) is 31.3 Å². The van der Waals surface area contributed by atoms with Gasteiger partial charge in [-0.3, -0.25) is 4.68 Å². The molecule has 0 aliphatic rings. The van der Waals surface area contributed by atoms with Crippen LogP contribution < -0.4 is 5.32 Å². The Bertz CT molecular complexity index is 470. The molecule has 2 aromatic heterocycles. The molecule has 2 rings (SSSR count). The molecule has 0 amide bonds. The van der Waals surface area contributed by atoms with Gasteiger partial charge in [-0.15, -0.1) is 11.7 Å². The average molecular weight is 232 g/mol. The lowest BCUT2D eigenvalue weighted by molar-refractivity contribution is 0.606. The summed E-state index contributed by atoms with van der Waals surface area (Å²) in [7, 11) is 0. The first-order valence-electron chi connectivity index (χ1n) is 5.52. The molecule has 2 heterocycles. The predicted molar refractivity (Wildman–Crippen MR) is 65.7 cm³/mol. The number of hydrogen-bond donors (Lipinski definition) is 1. The fourth-order valence-electron chi connectivity index (χ4n) is 1.60. The van der Waals surface area contributed by atoms with Crippen molar-refractivity contribution in [2.24, 2.45) is 0 Å². The van der Waals surface area contributed by atoms with Crippen LogP contribution in [0.2, 0.25) is 0 Å². The molecule has 0 saturated carbocycles. The van der Waals surface area contributed by atoms with Gasteiger partial charge in [-0.25, -0.2) is 4.98 Å². The van der Waals surface area contributed by atoms with Crippen molar-refractivity contribution in [2.45, 2.75) is 20.0 Å². The molecule has 0 bridgehead atoms. The Hall–Kier alpha value is -2.11. The van der Waals surface area contributed by atoms with Gasteiger partial charge in [0.05, 0.1) is 18.4 Å². The van der Waals surface area contributed by atoms with Crippen molar-refractivity contribution < 1.29 is 0 Å². The maximum absolute atomic E-state index is 4.41. The van der Waals surface area contributed by atoms with E-state index in [4.69, 9.17) is 0 Å². The van der Waals surface area contributed by atoms with E-state index >= 15 is 0 Å². The maximum atomic E-state index is 4.41. The van der Waals surface area contributed by atoms with Crippen LogP contribution in [0, 0.1) is 6.92 Å². The Balaban J connectivity index is 1.91. The van der Waals surface area contributed by atoms with Gasteiger partial charge in [0.2, 0.25) is 5.95 Å². The smallest absolute Gasteiger partial charge is 0.203 e. The molecule has 0 saturated heterocycles. The Morgan fingerprint density at radius 2 is 2.41 bits per heavy atom. The number of nitrogens with zero attached hydrogens (tertiary/aromatic N) is 5. The Morgan fingerprint density at radius 1 is 1.53 bits per heavy atom. The van der Waals surface area contributed by atoms with E-state index < -0.39 is 0 Å². The first-order chi connectivity index (χ1) is 8.29. The van der Waals surface area contributed by atoms with E-state index in [1.165, 1.54) is 0 Å². The predicted octanol–water partition coefficient (Wildman–Crippen LogP) is 1.08. The zero-order valence-electron chi connectivity index (χ0n) is 9.87. The first kappa shape index (κ1) is 11.4. The highest BCUT2D eigenvalue weighted by atomic mass is 15.4. The Morgan fingerprint density at radius 3 is 3.12 bits per heavy atom. The molecule has 0 spiro atoms. The molecule has 0 atom stereocenters. The van der Waals surface area contributed by atoms with Crippen LogP contribution in [0.1, 0.15) is 5.69 Å². The number of aryl methyl sites for hydroxylation is 1. The molecule has 6 nitrogen and oxygen atoms in total. The highest BCUT2D eigenvalue weighted by Gasteiger charge is 2.03. The van der Waals surface area contributed by atoms with Gasteiger partial charge in [0.25, 0.3) is 0 Å². The van der Waals surface area contributed by atoms with Gasteiger partial charge >= 0.3 is 0 Å². The monoisotopic (exact) mass is 232 g/mol. The zero-order valence-corrected chi connectivity index (χ0v) is 9.87. The molecule has 17 heavy (non-hydrogen) atoms. The number of anilines is 1. The fourth-order valence-corrected chi connectivity index (χ4v) is 1.60. The number of nitrogens with one attached hydrogen (secondary N) is 1. The molecule has 0 aliphatic carbocycles. The minimum absolute atomic E-state index is 0.756. The number of rotatable bonds is 6. The summed E-state index contributed by atoms with van der Waals surface area (Å²) in [4.78, 5) is 4.41. The number of imidazole rings is 1. The second kappa shape index (κ2) is 5.29. The summed E-state index contributed by atoms with van der Waals surface area (Å²) in [5.41, 5.74) is 0.995. The second-order valence-electron chi connectivity index (χ2n) is 3.74. The minimum Gasteiger partial charge on any atom is -0.354 e. The molecular formula is C11H16N6. The van der Waals surface area contributed by atoms with Crippen LogP contribution in [0.5, 0.6) is 0 Å². The summed E-state index contributed by atoms with van der Waals surface area (Å²) in [6.07, 6.45) is 7.36. The van der Waals surface area contributed by atoms with Crippen molar-refractivity contribution in [3.8, 4) is 0 Å². The van der Waals surface area contributed by atoms with E-state index in [0.29, 0.717) is 0 Å². The molecule has 0 aliphatic heterocycles. The van der Waals surface area contributed by atoms with Gasteiger partial charge in [0.15, 0.2) is 0 Å². The van der Waals surface area contributed by atoms with Crippen molar-refractivity contribution in [3.05, 3.63) is 36.9 Å². The third-order valence-electron chi connectivity index (χ3n) is 2.32. The topological polar surface area (TPSA) is 60.6 Å². The van der Waals surface area contributed by atoms with Crippen LogP contribution in [0.4, 0.5) is 5.95 Å². The van der Waals surface area contributed by atoms with E-state index in [1.807, 2.05) is 30.0 Å². The second-order valence-corrected chi connectivity index (χ2v) is 3.74. The van der Waals surface area contributed by atoms with Crippen LogP contribution in [0.3, 0.4) is 0 Å². The van der Waals surface area contributed by atoms with Crippen LogP contribution in [0.15, 0.2) is 31.2 Å². The SMILES string of the molecule is C=CCn1cc(C)nc1NCCn1ccnn1. The van der Waals surface area contributed by atoms with E-state index in [9.17, 15) is 0 Å². The van der Waals surface area contributed by atoms with Crippen molar-refractivity contribution in [1.82, 2.24) is 24.5 Å². The van der Waals surface area contributed by atoms with Crippen molar-refractivity contribution in [2.75, 3.05) is 11.9 Å². The number of hydrogen-bond acceptors (Lipinski definition) is 4. The fraction of sp³-hybridized carbons (Fsp3) is 0.364. The summed E-state index contributed by atoms with van der Waals surface area (Å²) in [5, 5.41) is 10.9. The number of allylic oxidation sites excluding steroid dienone is 1. The van der Waals surface area contributed by atoms with Gasteiger partial charge in [0.1, 0.15) is 0 Å². The first-order valence-corrected chi connectivity index (χ1v) is 5.52. The normalized spacial score (nSPS) is 10.4. The number of aromatic nitrogens is 5. The van der Waals surface area contributed by atoms with Gasteiger partial charge in [-0.05, 0) is 6.92 Å². The molecule has 0 fully saturated rings. The average Bonchev–Trinajstić information content (AvgIpc) is 2.90. The van der Waals surface area contributed by atoms with Crippen LogP contribution >= 0.6 is 0 Å². The maximum Gasteiger partial charge on any atom is 0.203 e. The molecule has 6 heteroatoms. The van der Waals surface area contributed by atoms with E-state index in [-0.39, 0.29) is 0 Å². The van der Waals surface area contributed by atoms with Crippen LogP contribution in [0.25, 0.3) is 0 Å². The molecular weight excluding hydrogens is 216 g/mol. The van der Waals surface area contributed by atoms with Crippen LogP contribution in [-0.4, -0.2) is 31.1 Å². The summed E-state index contributed by atoms with van der Waals surface area (Å²) in [6.45, 7) is 7.98. The van der Waals surface area contributed by atoms with Crippen molar-refractivity contribution in [3.63, 3.8) is 0 Å². The lowest BCUT2D eigenvalue weighted by Gasteiger charge is -2.07.